The molecule has 0 radical (unpaired) electrons. The van der Waals surface area contributed by atoms with E-state index in [4.69, 9.17) is 16.3 Å². The van der Waals surface area contributed by atoms with Crippen molar-refractivity contribution in [3.63, 3.8) is 0 Å². The van der Waals surface area contributed by atoms with Crippen molar-refractivity contribution in [2.75, 3.05) is 19.0 Å². The van der Waals surface area contributed by atoms with Crippen molar-refractivity contribution in [3.05, 3.63) is 22.7 Å². The summed E-state index contributed by atoms with van der Waals surface area (Å²) in [6, 6.07) is 3.40. The molecule has 1 aromatic rings. The van der Waals surface area contributed by atoms with Crippen LogP contribution in [-0.4, -0.2) is 35.9 Å². The van der Waals surface area contributed by atoms with Crippen molar-refractivity contribution in [2.24, 2.45) is 4.99 Å². The summed E-state index contributed by atoms with van der Waals surface area (Å²) < 4.78 is 5.24. The molecule has 0 spiro atoms. The lowest BCUT2D eigenvalue weighted by Gasteiger charge is -2.13. The third kappa shape index (κ3) is 5.37. The van der Waals surface area contributed by atoms with Gasteiger partial charge >= 0.3 is 0 Å². The van der Waals surface area contributed by atoms with Gasteiger partial charge in [0, 0.05) is 24.1 Å². The van der Waals surface area contributed by atoms with Crippen LogP contribution in [0.2, 0.25) is 5.02 Å². The number of anilines is 1. The highest BCUT2D eigenvalue weighted by molar-refractivity contribution is 8.15. The number of hydrogen-bond donors (Lipinski definition) is 2. The lowest BCUT2D eigenvalue weighted by molar-refractivity contribution is -0.122. The van der Waals surface area contributed by atoms with Crippen molar-refractivity contribution in [1.29, 1.82) is 0 Å². The van der Waals surface area contributed by atoms with E-state index in [2.05, 4.69) is 22.5 Å². The molecule has 1 saturated heterocycles. The molecule has 1 aliphatic heterocycles. The van der Waals surface area contributed by atoms with Crippen molar-refractivity contribution < 1.29 is 14.3 Å². The summed E-state index contributed by atoms with van der Waals surface area (Å²) in [5.41, 5.74) is 1.37. The van der Waals surface area contributed by atoms with Gasteiger partial charge in [-0.1, -0.05) is 36.7 Å². The maximum absolute atomic E-state index is 12.3. The first-order valence-corrected chi connectivity index (χ1v) is 9.36. The number of amides is 2. The molecule has 2 rings (SSSR count). The molecule has 136 valence electrons. The molecule has 6 nitrogen and oxygen atoms in total. The topological polar surface area (TPSA) is 79.8 Å². The molecule has 2 amide bonds. The SMILES string of the molecule is CCCCN=C1NC(=O)C(CC(=O)Nc2cc(C)c(Cl)cc2OC)S1. The molecule has 1 fully saturated rings. The number of thioether (sulfide) groups is 1. The Morgan fingerprint density at radius 2 is 2.24 bits per heavy atom. The summed E-state index contributed by atoms with van der Waals surface area (Å²) in [5.74, 6) is 0.0337. The predicted octanol–water partition coefficient (Wildman–Crippen LogP) is 3.37. The van der Waals surface area contributed by atoms with E-state index < -0.39 is 5.25 Å². The van der Waals surface area contributed by atoms with Gasteiger partial charge in [-0.15, -0.1) is 0 Å². The van der Waals surface area contributed by atoms with Crippen LogP contribution in [0, 0.1) is 6.92 Å². The largest absolute Gasteiger partial charge is 0.495 e. The van der Waals surface area contributed by atoms with Crippen molar-refractivity contribution in [3.8, 4) is 5.75 Å². The van der Waals surface area contributed by atoms with E-state index >= 15 is 0 Å². The van der Waals surface area contributed by atoms with E-state index in [1.807, 2.05) is 6.92 Å². The summed E-state index contributed by atoms with van der Waals surface area (Å²) >= 11 is 7.36. The number of carbonyl (C=O) groups is 2. The fourth-order valence-electron chi connectivity index (χ4n) is 2.25. The molecule has 1 atom stereocenters. The zero-order valence-corrected chi connectivity index (χ0v) is 16.1. The van der Waals surface area contributed by atoms with Crippen LogP contribution in [0.1, 0.15) is 31.7 Å². The van der Waals surface area contributed by atoms with Gasteiger partial charge in [0.25, 0.3) is 0 Å². The number of benzene rings is 1. The van der Waals surface area contributed by atoms with Crippen LogP contribution < -0.4 is 15.4 Å². The third-order valence-corrected chi connectivity index (χ3v) is 5.20. The van der Waals surface area contributed by atoms with Crippen LogP contribution in [0.5, 0.6) is 5.75 Å². The summed E-state index contributed by atoms with van der Waals surface area (Å²) in [4.78, 5) is 28.6. The van der Waals surface area contributed by atoms with Gasteiger partial charge in [0.2, 0.25) is 11.8 Å². The van der Waals surface area contributed by atoms with Gasteiger partial charge < -0.3 is 15.4 Å². The van der Waals surface area contributed by atoms with Crippen LogP contribution in [0.4, 0.5) is 5.69 Å². The summed E-state index contributed by atoms with van der Waals surface area (Å²) in [6.07, 6.45) is 2.08. The fraction of sp³-hybridized carbons (Fsp3) is 0.471. The second-order valence-corrected chi connectivity index (χ2v) is 7.29. The molecule has 1 aliphatic rings. The Hall–Kier alpha value is -1.73. The minimum absolute atomic E-state index is 0.0636. The van der Waals surface area contributed by atoms with Crippen LogP contribution in [0.15, 0.2) is 17.1 Å². The van der Waals surface area contributed by atoms with Crippen molar-refractivity contribution in [2.45, 2.75) is 38.4 Å². The lowest BCUT2D eigenvalue weighted by Crippen LogP contribution is -2.28. The normalized spacial score (nSPS) is 18.3. The molecule has 1 aromatic carbocycles. The molecule has 0 aromatic heterocycles. The molecule has 0 aliphatic carbocycles. The van der Waals surface area contributed by atoms with Crippen LogP contribution >= 0.6 is 23.4 Å². The number of methoxy groups -OCH3 is 1. The molecular formula is C17H22ClN3O3S. The Kier molecular flexibility index (Phi) is 7.13. The Morgan fingerprint density at radius 1 is 1.48 bits per heavy atom. The van der Waals surface area contributed by atoms with E-state index in [0.717, 1.165) is 18.4 Å². The second kappa shape index (κ2) is 9.10. The molecule has 8 heteroatoms. The Morgan fingerprint density at radius 3 is 2.92 bits per heavy atom. The minimum Gasteiger partial charge on any atom is -0.495 e. The number of nitrogens with zero attached hydrogens (tertiary/aromatic N) is 1. The van der Waals surface area contributed by atoms with E-state index in [0.29, 0.717) is 28.2 Å². The number of carbonyl (C=O) groups excluding carboxylic acids is 2. The highest BCUT2D eigenvalue weighted by Gasteiger charge is 2.32. The Balaban J connectivity index is 1.98. The fourth-order valence-corrected chi connectivity index (χ4v) is 3.40. The molecular weight excluding hydrogens is 362 g/mol. The van der Waals surface area contributed by atoms with Gasteiger partial charge in [-0.05, 0) is 25.0 Å². The average molecular weight is 384 g/mol. The number of rotatable bonds is 7. The van der Waals surface area contributed by atoms with Crippen LogP contribution in [-0.2, 0) is 9.59 Å². The Labute approximate surface area is 156 Å². The molecule has 1 heterocycles. The van der Waals surface area contributed by atoms with Crippen LogP contribution in [0.3, 0.4) is 0 Å². The summed E-state index contributed by atoms with van der Waals surface area (Å²) in [6.45, 7) is 4.61. The zero-order valence-electron chi connectivity index (χ0n) is 14.5. The van der Waals surface area contributed by atoms with Crippen LogP contribution in [0.25, 0.3) is 0 Å². The average Bonchev–Trinajstić information content (AvgIpc) is 2.90. The predicted molar refractivity (Wildman–Crippen MR) is 103 cm³/mol. The number of halogens is 1. The Bertz CT molecular complexity index is 694. The van der Waals surface area contributed by atoms with Crippen molar-refractivity contribution >= 4 is 46.0 Å². The lowest BCUT2D eigenvalue weighted by atomic mass is 10.2. The van der Waals surface area contributed by atoms with Gasteiger partial charge in [-0.25, -0.2) is 0 Å². The smallest absolute Gasteiger partial charge is 0.240 e. The zero-order chi connectivity index (χ0) is 18.4. The molecule has 25 heavy (non-hydrogen) atoms. The van der Waals surface area contributed by atoms with E-state index in [9.17, 15) is 9.59 Å². The minimum atomic E-state index is -0.472. The quantitative estimate of drug-likeness (QED) is 0.707. The summed E-state index contributed by atoms with van der Waals surface area (Å²) in [5, 5.41) is 6.20. The molecule has 0 bridgehead atoms. The number of ether oxygens (including phenoxy) is 1. The second-order valence-electron chi connectivity index (χ2n) is 5.69. The molecule has 2 N–H and O–H groups in total. The first kappa shape index (κ1) is 19.6. The number of hydrogen-bond acceptors (Lipinski definition) is 5. The van der Waals surface area contributed by atoms with Gasteiger partial charge in [-0.2, -0.15) is 0 Å². The first-order valence-electron chi connectivity index (χ1n) is 8.10. The monoisotopic (exact) mass is 383 g/mol. The maximum Gasteiger partial charge on any atom is 0.240 e. The van der Waals surface area contributed by atoms with E-state index in [-0.39, 0.29) is 18.2 Å². The maximum atomic E-state index is 12.3. The number of aryl methyl sites for hydroxylation is 1. The number of aliphatic imine (C=N–C) groups is 1. The number of amidine groups is 1. The van der Waals surface area contributed by atoms with Crippen molar-refractivity contribution in [1.82, 2.24) is 5.32 Å². The highest BCUT2D eigenvalue weighted by Crippen LogP contribution is 2.31. The van der Waals surface area contributed by atoms with Gasteiger partial charge in [-0.3, -0.25) is 14.6 Å². The number of nitrogens with one attached hydrogen (secondary N) is 2. The highest BCUT2D eigenvalue weighted by atomic mass is 35.5. The van der Waals surface area contributed by atoms with Gasteiger partial charge in [0.15, 0.2) is 5.17 Å². The molecule has 0 saturated carbocycles. The summed E-state index contributed by atoms with van der Waals surface area (Å²) in [7, 11) is 1.51. The number of unbranched alkanes of at least 4 members (excludes halogenated alkanes) is 1. The van der Waals surface area contributed by atoms with Gasteiger partial charge in [0.05, 0.1) is 12.8 Å². The first-order chi connectivity index (χ1) is 11.9. The standard InChI is InChI=1S/C17H22ClN3O3S/c1-4-5-6-19-17-21-16(23)14(25-17)9-15(22)20-12-7-10(2)11(18)8-13(12)24-3/h7-8,14H,4-6,9H2,1-3H3,(H,20,22)(H,19,21,23). The molecule has 1 unspecified atom stereocenters. The van der Waals surface area contributed by atoms with Gasteiger partial charge in [0.1, 0.15) is 11.0 Å². The third-order valence-electron chi connectivity index (χ3n) is 3.67. The van der Waals surface area contributed by atoms with E-state index in [1.54, 1.807) is 12.1 Å². The van der Waals surface area contributed by atoms with E-state index in [1.165, 1.54) is 18.9 Å².